The molecule has 1 saturated carbocycles. The summed E-state index contributed by atoms with van der Waals surface area (Å²) in [6, 6.07) is 0. The molecule has 1 fully saturated rings. The summed E-state index contributed by atoms with van der Waals surface area (Å²) in [5, 5.41) is 12.2. The molecule has 1 aromatic heterocycles. The maximum atomic E-state index is 13.1. The van der Waals surface area contributed by atoms with Crippen LogP contribution < -0.4 is 5.14 Å². The van der Waals surface area contributed by atoms with Crippen LogP contribution in [0.4, 0.5) is 8.78 Å². The van der Waals surface area contributed by atoms with Crippen LogP contribution in [0.5, 0.6) is 0 Å². The third-order valence-electron chi connectivity index (χ3n) is 3.40. The Morgan fingerprint density at radius 2 is 1.95 bits per heavy atom. The van der Waals surface area contributed by atoms with Crippen LogP contribution in [0.25, 0.3) is 0 Å². The number of nitrogens with two attached hydrogens (primary N) is 1. The van der Waals surface area contributed by atoms with Crippen molar-refractivity contribution in [3.63, 3.8) is 0 Å². The SMILES string of the molecule is CCn1c(C2CCC(F)(F)CC2)nnc1S(N)(=O)=O. The first-order valence-corrected chi connectivity index (χ1v) is 7.63. The fourth-order valence-electron chi connectivity index (χ4n) is 2.41. The zero-order valence-corrected chi connectivity index (χ0v) is 11.3. The number of primary sulfonamides is 1. The van der Waals surface area contributed by atoms with Gasteiger partial charge in [-0.05, 0) is 19.8 Å². The fraction of sp³-hybridized carbons (Fsp3) is 0.800. The van der Waals surface area contributed by atoms with Gasteiger partial charge in [0.2, 0.25) is 5.92 Å². The van der Waals surface area contributed by atoms with Crippen LogP contribution in [0.2, 0.25) is 0 Å². The number of halogens is 2. The zero-order chi connectivity index (χ0) is 14.3. The first kappa shape index (κ1) is 14.3. The molecule has 2 N–H and O–H groups in total. The average Bonchev–Trinajstić information content (AvgIpc) is 2.72. The Morgan fingerprint density at radius 3 is 2.42 bits per heavy atom. The van der Waals surface area contributed by atoms with Crippen LogP contribution in [-0.2, 0) is 16.6 Å². The number of alkyl halides is 2. The number of aromatic nitrogens is 3. The lowest BCUT2D eigenvalue weighted by Gasteiger charge is -2.27. The van der Waals surface area contributed by atoms with E-state index in [1.807, 2.05) is 0 Å². The van der Waals surface area contributed by atoms with Crippen molar-refractivity contribution >= 4 is 10.0 Å². The minimum absolute atomic E-state index is 0.192. The molecule has 1 heterocycles. The third kappa shape index (κ3) is 2.92. The molecule has 0 saturated heterocycles. The van der Waals surface area contributed by atoms with Crippen LogP contribution >= 0.6 is 0 Å². The monoisotopic (exact) mass is 294 g/mol. The molecule has 9 heteroatoms. The lowest BCUT2D eigenvalue weighted by Crippen LogP contribution is -2.26. The predicted molar refractivity (Wildman–Crippen MR) is 63.2 cm³/mol. The van der Waals surface area contributed by atoms with Crippen molar-refractivity contribution in [1.29, 1.82) is 0 Å². The summed E-state index contributed by atoms with van der Waals surface area (Å²) in [5.74, 6) is -2.39. The van der Waals surface area contributed by atoms with Gasteiger partial charge in [0.25, 0.3) is 15.2 Å². The molecule has 0 atom stereocenters. The van der Waals surface area contributed by atoms with Gasteiger partial charge in [0.15, 0.2) is 0 Å². The number of rotatable bonds is 3. The minimum Gasteiger partial charge on any atom is -0.301 e. The molecule has 0 radical (unpaired) electrons. The lowest BCUT2D eigenvalue weighted by molar-refractivity contribution is -0.0390. The molecule has 0 unspecified atom stereocenters. The molecule has 0 amide bonds. The van der Waals surface area contributed by atoms with E-state index in [0.717, 1.165) is 0 Å². The van der Waals surface area contributed by atoms with Gasteiger partial charge < -0.3 is 4.57 Å². The Morgan fingerprint density at radius 1 is 1.37 bits per heavy atom. The van der Waals surface area contributed by atoms with Crippen LogP contribution in [0.3, 0.4) is 0 Å². The Bertz CT molecular complexity index is 560. The Labute approximate surface area is 110 Å². The van der Waals surface area contributed by atoms with Gasteiger partial charge in [0.1, 0.15) is 5.82 Å². The molecule has 0 aliphatic heterocycles. The minimum atomic E-state index is -3.95. The predicted octanol–water partition coefficient (Wildman–Crippen LogP) is 1.24. The van der Waals surface area contributed by atoms with E-state index in [0.29, 0.717) is 12.4 Å². The van der Waals surface area contributed by atoms with Gasteiger partial charge >= 0.3 is 0 Å². The standard InChI is InChI=1S/C10H16F2N4O2S/c1-2-16-8(14-15-9(16)19(13,17)18)7-3-5-10(11,12)6-4-7/h7H,2-6H2,1H3,(H2,13,17,18). The summed E-state index contributed by atoms with van der Waals surface area (Å²) >= 11 is 0. The number of sulfonamides is 1. The highest BCUT2D eigenvalue weighted by atomic mass is 32.2. The molecule has 1 aliphatic rings. The van der Waals surface area contributed by atoms with E-state index in [-0.39, 0.29) is 36.8 Å². The molecule has 1 aromatic rings. The second kappa shape index (κ2) is 4.78. The quantitative estimate of drug-likeness (QED) is 0.908. The summed E-state index contributed by atoms with van der Waals surface area (Å²) in [6.07, 6.45) is 0.128. The molecule has 19 heavy (non-hydrogen) atoms. The Hall–Kier alpha value is -1.09. The summed E-state index contributed by atoms with van der Waals surface area (Å²) in [6.45, 7) is 2.07. The van der Waals surface area contributed by atoms with Gasteiger partial charge in [-0.1, -0.05) is 0 Å². The van der Waals surface area contributed by atoms with Crippen molar-refractivity contribution in [3.8, 4) is 0 Å². The van der Waals surface area contributed by atoms with Crippen molar-refractivity contribution in [2.75, 3.05) is 0 Å². The maximum absolute atomic E-state index is 13.1. The zero-order valence-electron chi connectivity index (χ0n) is 10.5. The maximum Gasteiger partial charge on any atom is 0.273 e. The highest BCUT2D eigenvalue weighted by Crippen LogP contribution is 2.40. The molecule has 108 valence electrons. The Balaban J connectivity index is 2.30. The van der Waals surface area contributed by atoms with E-state index < -0.39 is 15.9 Å². The van der Waals surface area contributed by atoms with E-state index in [1.54, 1.807) is 6.92 Å². The molecule has 6 nitrogen and oxygen atoms in total. The number of nitrogens with zero attached hydrogens (tertiary/aromatic N) is 3. The van der Waals surface area contributed by atoms with E-state index >= 15 is 0 Å². The highest BCUT2D eigenvalue weighted by molar-refractivity contribution is 7.89. The normalized spacial score (nSPS) is 20.6. The molecular weight excluding hydrogens is 278 g/mol. The molecule has 0 bridgehead atoms. The van der Waals surface area contributed by atoms with Crippen molar-refractivity contribution < 1.29 is 17.2 Å². The number of hydrogen-bond acceptors (Lipinski definition) is 4. The van der Waals surface area contributed by atoms with Crippen molar-refractivity contribution in [3.05, 3.63) is 5.82 Å². The summed E-state index contributed by atoms with van der Waals surface area (Å²) in [4.78, 5) is 0. The first-order valence-electron chi connectivity index (χ1n) is 6.08. The molecule has 2 rings (SSSR count). The van der Waals surface area contributed by atoms with Crippen molar-refractivity contribution in [1.82, 2.24) is 14.8 Å². The smallest absolute Gasteiger partial charge is 0.273 e. The topological polar surface area (TPSA) is 90.9 Å². The molecule has 0 aromatic carbocycles. The van der Waals surface area contributed by atoms with Crippen LogP contribution in [0.1, 0.15) is 44.3 Å². The van der Waals surface area contributed by atoms with Crippen molar-refractivity contribution in [2.24, 2.45) is 5.14 Å². The second-order valence-corrected chi connectivity index (χ2v) is 6.22. The van der Waals surface area contributed by atoms with Gasteiger partial charge in [-0.3, -0.25) is 0 Å². The summed E-state index contributed by atoms with van der Waals surface area (Å²) in [7, 11) is -3.95. The second-order valence-electron chi connectivity index (χ2n) is 4.76. The van der Waals surface area contributed by atoms with Gasteiger partial charge in [0.05, 0.1) is 0 Å². The van der Waals surface area contributed by atoms with Gasteiger partial charge in [0, 0.05) is 25.3 Å². The average molecular weight is 294 g/mol. The van der Waals surface area contributed by atoms with Crippen LogP contribution in [-0.4, -0.2) is 29.1 Å². The first-order chi connectivity index (χ1) is 8.74. The van der Waals surface area contributed by atoms with E-state index in [9.17, 15) is 17.2 Å². The van der Waals surface area contributed by atoms with E-state index in [4.69, 9.17) is 5.14 Å². The van der Waals surface area contributed by atoms with Crippen molar-refractivity contribution in [2.45, 2.75) is 56.1 Å². The largest absolute Gasteiger partial charge is 0.301 e. The van der Waals surface area contributed by atoms with E-state index in [1.165, 1.54) is 4.57 Å². The third-order valence-corrected chi connectivity index (χ3v) is 4.21. The molecule has 1 aliphatic carbocycles. The molecule has 0 spiro atoms. The van der Waals surface area contributed by atoms with Crippen LogP contribution in [0, 0.1) is 0 Å². The van der Waals surface area contributed by atoms with Gasteiger partial charge in [-0.25, -0.2) is 22.3 Å². The fourth-order valence-corrected chi connectivity index (χ4v) is 3.09. The van der Waals surface area contributed by atoms with Gasteiger partial charge in [-0.15, -0.1) is 10.2 Å². The van der Waals surface area contributed by atoms with E-state index in [2.05, 4.69) is 10.2 Å². The van der Waals surface area contributed by atoms with Gasteiger partial charge in [-0.2, -0.15) is 0 Å². The summed E-state index contributed by atoms with van der Waals surface area (Å²) in [5.41, 5.74) is 0. The highest BCUT2D eigenvalue weighted by Gasteiger charge is 2.37. The number of hydrogen-bond donors (Lipinski definition) is 1. The molecular formula is C10H16F2N4O2S. The Kier molecular flexibility index (Phi) is 3.61. The van der Waals surface area contributed by atoms with Crippen LogP contribution in [0.15, 0.2) is 5.16 Å². The summed E-state index contributed by atoms with van der Waals surface area (Å²) < 4.78 is 50.3. The lowest BCUT2D eigenvalue weighted by atomic mass is 9.86.